The fraction of sp³-hybridized carbons (Fsp3) is 0.0870. The van der Waals surface area contributed by atoms with Crippen molar-refractivity contribution in [3.8, 4) is 66.8 Å². The first-order chi connectivity index (χ1) is 22.4. The van der Waals surface area contributed by atoms with Crippen LogP contribution in [0.4, 0.5) is 0 Å². The summed E-state index contributed by atoms with van der Waals surface area (Å²) in [6.07, 6.45) is 0. The number of hydrogen-bond acceptors (Lipinski definition) is 0. The predicted octanol–water partition coefficient (Wildman–Crippen LogP) is 12.9. The summed E-state index contributed by atoms with van der Waals surface area (Å²) in [6, 6.07) is 58.2. The van der Waals surface area contributed by atoms with Crippen LogP contribution in [0.5, 0.6) is 0 Å². The molecule has 0 N–H and O–H groups in total. The molecule has 0 saturated carbocycles. The van der Waals surface area contributed by atoms with Crippen molar-refractivity contribution in [3.05, 3.63) is 180 Å². The van der Waals surface area contributed by atoms with E-state index in [9.17, 15) is 0 Å². The van der Waals surface area contributed by atoms with Crippen LogP contribution < -0.4 is 0 Å². The largest absolute Gasteiger partial charge is 0.0610 e. The minimum atomic E-state index is 1.21. The fourth-order valence-electron chi connectivity index (χ4n) is 6.42. The molecule has 222 valence electrons. The second kappa shape index (κ2) is 12.5. The van der Waals surface area contributed by atoms with E-state index in [1.807, 2.05) is 0 Å². The summed E-state index contributed by atoms with van der Waals surface area (Å²) in [4.78, 5) is 0. The molecule has 0 radical (unpaired) electrons. The molecule has 0 spiro atoms. The third-order valence-electron chi connectivity index (χ3n) is 9.04. The summed E-state index contributed by atoms with van der Waals surface area (Å²) < 4.78 is 0. The normalized spacial score (nSPS) is 11.0. The Morgan fingerprint density at radius 1 is 0.217 bits per heavy atom. The van der Waals surface area contributed by atoms with Crippen LogP contribution in [-0.4, -0.2) is 0 Å². The Balaban J connectivity index is 1.37. The molecule has 0 aliphatic heterocycles. The van der Waals surface area contributed by atoms with Crippen LogP contribution in [0.3, 0.4) is 0 Å². The molecule has 0 aromatic heterocycles. The molecular formula is C46H38. The van der Waals surface area contributed by atoms with Crippen LogP contribution in [0.15, 0.2) is 158 Å². The van der Waals surface area contributed by atoms with E-state index >= 15 is 0 Å². The first kappa shape index (κ1) is 29.3. The van der Waals surface area contributed by atoms with Crippen molar-refractivity contribution in [3.63, 3.8) is 0 Å². The maximum Gasteiger partial charge on any atom is -0.00268 e. The fourth-order valence-corrected chi connectivity index (χ4v) is 6.42. The Hall–Kier alpha value is -5.46. The molecule has 7 rings (SSSR count). The Morgan fingerprint density at radius 2 is 0.413 bits per heavy atom. The molecule has 0 nitrogen and oxygen atoms in total. The van der Waals surface area contributed by atoms with Crippen molar-refractivity contribution in [1.82, 2.24) is 0 Å². The minimum Gasteiger partial charge on any atom is -0.0610 e. The first-order valence-electron chi connectivity index (χ1n) is 16.1. The Bertz CT molecular complexity index is 1950. The summed E-state index contributed by atoms with van der Waals surface area (Å²) >= 11 is 0. The van der Waals surface area contributed by atoms with E-state index in [2.05, 4.69) is 185 Å². The predicted molar refractivity (Wildman–Crippen MR) is 198 cm³/mol. The van der Waals surface area contributed by atoms with Gasteiger partial charge in [0.25, 0.3) is 0 Å². The van der Waals surface area contributed by atoms with Gasteiger partial charge in [-0.1, -0.05) is 180 Å². The lowest BCUT2D eigenvalue weighted by molar-refractivity contribution is 1.45. The van der Waals surface area contributed by atoms with Gasteiger partial charge in [0.1, 0.15) is 0 Å². The first-order valence-corrected chi connectivity index (χ1v) is 16.1. The third kappa shape index (κ3) is 5.83. The molecule has 0 saturated heterocycles. The number of rotatable bonds is 6. The van der Waals surface area contributed by atoms with E-state index in [1.54, 1.807) is 0 Å². The standard InChI is InChI=1S/C46H38/c1-31-11-19-35(20-12-31)41-7-5-9-43(45(41)39-23-15-33(3)16-24-39)37-27-29-38(30-28-37)44-10-6-8-42(36-21-13-32(2)14-22-36)46(44)40-25-17-34(4)18-26-40/h5-30H,1-4H3. The van der Waals surface area contributed by atoms with Crippen molar-refractivity contribution in [1.29, 1.82) is 0 Å². The van der Waals surface area contributed by atoms with E-state index in [-0.39, 0.29) is 0 Å². The van der Waals surface area contributed by atoms with E-state index in [0.29, 0.717) is 0 Å². The highest BCUT2D eigenvalue weighted by atomic mass is 14.2. The van der Waals surface area contributed by atoms with Gasteiger partial charge in [0.2, 0.25) is 0 Å². The molecule has 7 aromatic rings. The van der Waals surface area contributed by atoms with Crippen LogP contribution in [0.25, 0.3) is 66.8 Å². The van der Waals surface area contributed by atoms with E-state index < -0.39 is 0 Å². The average molecular weight is 591 g/mol. The smallest absolute Gasteiger partial charge is 0.00268 e. The van der Waals surface area contributed by atoms with Gasteiger partial charge in [-0.15, -0.1) is 0 Å². The quantitative estimate of drug-likeness (QED) is 0.181. The molecule has 0 amide bonds. The van der Waals surface area contributed by atoms with Crippen LogP contribution in [0, 0.1) is 27.7 Å². The van der Waals surface area contributed by atoms with Crippen molar-refractivity contribution in [2.75, 3.05) is 0 Å². The maximum absolute atomic E-state index is 2.29. The van der Waals surface area contributed by atoms with Crippen molar-refractivity contribution in [2.24, 2.45) is 0 Å². The third-order valence-corrected chi connectivity index (χ3v) is 9.04. The molecule has 0 aliphatic carbocycles. The van der Waals surface area contributed by atoms with Crippen LogP contribution in [-0.2, 0) is 0 Å². The summed E-state index contributed by atoms with van der Waals surface area (Å²) in [5, 5.41) is 0. The molecular weight excluding hydrogens is 553 g/mol. The zero-order valence-corrected chi connectivity index (χ0v) is 27.0. The molecule has 0 heterocycles. The van der Waals surface area contributed by atoms with E-state index in [1.165, 1.54) is 89.0 Å². The molecule has 46 heavy (non-hydrogen) atoms. The molecule has 0 bridgehead atoms. The number of hydrogen-bond donors (Lipinski definition) is 0. The summed E-state index contributed by atoms with van der Waals surface area (Å²) in [7, 11) is 0. The summed E-state index contributed by atoms with van der Waals surface area (Å²) in [5.41, 5.74) is 19.9. The highest BCUT2D eigenvalue weighted by Crippen LogP contribution is 2.43. The lowest BCUT2D eigenvalue weighted by atomic mass is 9.85. The zero-order valence-electron chi connectivity index (χ0n) is 27.0. The van der Waals surface area contributed by atoms with Gasteiger partial charge in [0.15, 0.2) is 0 Å². The monoisotopic (exact) mass is 590 g/mol. The zero-order chi connectivity index (χ0) is 31.6. The Morgan fingerprint density at radius 3 is 0.652 bits per heavy atom. The lowest BCUT2D eigenvalue weighted by Gasteiger charge is -2.18. The second-order valence-electron chi connectivity index (χ2n) is 12.5. The topological polar surface area (TPSA) is 0 Å². The molecule has 0 fully saturated rings. The molecule has 0 unspecified atom stereocenters. The van der Waals surface area contributed by atoms with Crippen LogP contribution in [0.1, 0.15) is 22.3 Å². The molecule has 7 aromatic carbocycles. The van der Waals surface area contributed by atoms with Gasteiger partial charge < -0.3 is 0 Å². The van der Waals surface area contributed by atoms with Gasteiger partial charge in [0, 0.05) is 0 Å². The van der Waals surface area contributed by atoms with Gasteiger partial charge in [-0.25, -0.2) is 0 Å². The van der Waals surface area contributed by atoms with Crippen LogP contribution >= 0.6 is 0 Å². The second-order valence-corrected chi connectivity index (χ2v) is 12.5. The number of benzene rings is 7. The Kier molecular flexibility index (Phi) is 7.95. The Labute approximate surface area is 273 Å². The van der Waals surface area contributed by atoms with Gasteiger partial charge in [-0.2, -0.15) is 0 Å². The molecule has 0 heteroatoms. The van der Waals surface area contributed by atoms with E-state index in [4.69, 9.17) is 0 Å². The molecule has 0 aliphatic rings. The highest BCUT2D eigenvalue weighted by molar-refractivity contribution is 5.97. The summed E-state index contributed by atoms with van der Waals surface area (Å²) in [5.74, 6) is 0. The highest BCUT2D eigenvalue weighted by Gasteiger charge is 2.17. The summed E-state index contributed by atoms with van der Waals surface area (Å²) in [6.45, 7) is 8.58. The minimum absolute atomic E-state index is 1.21. The van der Waals surface area contributed by atoms with Gasteiger partial charge in [-0.3, -0.25) is 0 Å². The maximum atomic E-state index is 2.29. The lowest BCUT2D eigenvalue weighted by Crippen LogP contribution is -1.92. The van der Waals surface area contributed by atoms with Crippen molar-refractivity contribution >= 4 is 0 Å². The number of aryl methyl sites for hydroxylation is 4. The molecule has 0 atom stereocenters. The van der Waals surface area contributed by atoms with Gasteiger partial charge in [0.05, 0.1) is 0 Å². The van der Waals surface area contributed by atoms with E-state index in [0.717, 1.165) is 0 Å². The van der Waals surface area contributed by atoms with Crippen molar-refractivity contribution in [2.45, 2.75) is 27.7 Å². The van der Waals surface area contributed by atoms with Crippen molar-refractivity contribution < 1.29 is 0 Å². The van der Waals surface area contributed by atoms with Gasteiger partial charge >= 0.3 is 0 Å². The SMILES string of the molecule is Cc1ccc(-c2cccc(-c3ccc(-c4cccc(-c5ccc(C)cc5)c4-c4ccc(C)cc4)cc3)c2-c2ccc(C)cc2)cc1. The van der Waals surface area contributed by atoms with Gasteiger partial charge in [-0.05, 0) is 94.5 Å². The van der Waals surface area contributed by atoms with Crippen LogP contribution in [0.2, 0.25) is 0 Å². The average Bonchev–Trinajstić information content (AvgIpc) is 3.09.